The number of oxime groups is 1. The number of rotatable bonds is 3. The summed E-state index contributed by atoms with van der Waals surface area (Å²) in [6.07, 6.45) is 0.625. The van der Waals surface area contributed by atoms with Gasteiger partial charge in [0.05, 0.1) is 23.2 Å². The number of nitrogens with zero attached hydrogens (tertiary/aromatic N) is 2. The summed E-state index contributed by atoms with van der Waals surface area (Å²) in [6, 6.07) is 14.1. The van der Waals surface area contributed by atoms with E-state index in [1.165, 1.54) is 11.8 Å². The molecule has 0 spiro atoms. The number of Topliss-reactive ketones (excluding diaryl/α,β-unsaturated/α-hetero) is 1. The van der Waals surface area contributed by atoms with E-state index in [2.05, 4.69) is 5.16 Å². The number of ketones is 1. The minimum Gasteiger partial charge on any atom is -0.391 e. The summed E-state index contributed by atoms with van der Waals surface area (Å²) in [5, 5.41) is 5.00. The molecule has 2 aromatic rings. The van der Waals surface area contributed by atoms with Gasteiger partial charge < -0.3 is 4.84 Å². The Hall–Kier alpha value is -2.99. The van der Waals surface area contributed by atoms with Gasteiger partial charge in [-0.05, 0) is 61.2 Å². The number of carbonyl (C=O) groups is 3. The molecule has 0 radical (unpaired) electrons. The molecule has 4 aliphatic rings. The van der Waals surface area contributed by atoms with Gasteiger partial charge in [-0.15, -0.1) is 0 Å². The zero-order valence-electron chi connectivity index (χ0n) is 16.7. The quantitative estimate of drug-likeness (QED) is 0.545. The van der Waals surface area contributed by atoms with Gasteiger partial charge in [0.1, 0.15) is 6.10 Å². The van der Waals surface area contributed by atoms with Crippen LogP contribution in [0.1, 0.15) is 29.3 Å². The Morgan fingerprint density at radius 2 is 1.61 bits per heavy atom. The first-order valence-electron chi connectivity index (χ1n) is 10.4. The number of anilines is 1. The molecule has 6 atom stereocenters. The lowest BCUT2D eigenvalue weighted by atomic mass is 9.71. The fraction of sp³-hybridized carbons (Fsp3) is 0.333. The zero-order chi connectivity index (χ0) is 21.4. The predicted octanol–water partition coefficient (Wildman–Crippen LogP) is 3.72. The maximum atomic E-state index is 13.4. The number of imide groups is 1. The minimum absolute atomic E-state index is 0.00390. The first kappa shape index (κ1) is 18.8. The Bertz CT molecular complexity index is 1160. The average Bonchev–Trinajstić information content (AvgIpc) is 3.49. The average molecular weight is 435 g/mol. The van der Waals surface area contributed by atoms with Crippen LogP contribution in [0, 0.1) is 29.6 Å². The van der Waals surface area contributed by atoms with Gasteiger partial charge in [0.25, 0.3) is 0 Å². The van der Waals surface area contributed by atoms with Crippen LogP contribution in [0.3, 0.4) is 0 Å². The number of amides is 2. The van der Waals surface area contributed by atoms with Gasteiger partial charge in [0.15, 0.2) is 5.78 Å². The Labute approximate surface area is 183 Å². The van der Waals surface area contributed by atoms with Crippen molar-refractivity contribution in [2.24, 2.45) is 34.7 Å². The first-order chi connectivity index (χ1) is 15.0. The van der Waals surface area contributed by atoms with E-state index >= 15 is 0 Å². The summed E-state index contributed by atoms with van der Waals surface area (Å²) >= 11 is 6.02. The van der Waals surface area contributed by atoms with Gasteiger partial charge in [-0.25, -0.2) is 0 Å². The molecule has 2 aliphatic carbocycles. The van der Waals surface area contributed by atoms with Crippen molar-refractivity contribution in [1.29, 1.82) is 0 Å². The van der Waals surface area contributed by atoms with E-state index in [4.69, 9.17) is 16.4 Å². The molecule has 0 unspecified atom stereocenters. The lowest BCUT2D eigenvalue weighted by molar-refractivity contribution is -0.125. The Morgan fingerprint density at radius 3 is 2.26 bits per heavy atom. The van der Waals surface area contributed by atoms with E-state index in [1.807, 2.05) is 24.3 Å². The molecule has 3 fully saturated rings. The van der Waals surface area contributed by atoms with E-state index in [0.717, 1.165) is 17.7 Å². The van der Waals surface area contributed by atoms with Crippen molar-refractivity contribution in [3.8, 4) is 0 Å². The highest BCUT2D eigenvalue weighted by Crippen LogP contribution is 2.62. The number of hydrogen-bond acceptors (Lipinski definition) is 5. The summed E-state index contributed by atoms with van der Waals surface area (Å²) in [6.45, 7) is 1.49. The maximum absolute atomic E-state index is 13.4. The fourth-order valence-corrected chi connectivity index (χ4v) is 6.21. The van der Waals surface area contributed by atoms with Crippen LogP contribution in [0.25, 0.3) is 0 Å². The topological polar surface area (TPSA) is 76.0 Å². The number of benzene rings is 2. The van der Waals surface area contributed by atoms with Crippen LogP contribution in [0.15, 0.2) is 53.7 Å². The molecule has 2 bridgehead atoms. The summed E-state index contributed by atoms with van der Waals surface area (Å²) < 4.78 is 0. The lowest BCUT2D eigenvalue weighted by Crippen LogP contribution is -2.41. The highest BCUT2D eigenvalue weighted by atomic mass is 35.5. The van der Waals surface area contributed by atoms with Crippen LogP contribution >= 0.6 is 11.6 Å². The molecule has 6 rings (SSSR count). The van der Waals surface area contributed by atoms with Gasteiger partial charge >= 0.3 is 0 Å². The SMILES string of the molecule is CC(=O)c1ccc(N2C(=O)[C@H]3[C@@H]4C[C@H]([C@H]5C(c6ccc(Cl)cc6)=NO[C@H]45)[C@@H]3C2=O)cc1. The van der Waals surface area contributed by atoms with Crippen molar-refractivity contribution < 1.29 is 19.2 Å². The second-order valence-corrected chi connectivity index (χ2v) is 9.25. The van der Waals surface area contributed by atoms with E-state index in [9.17, 15) is 14.4 Å². The molecule has 2 heterocycles. The van der Waals surface area contributed by atoms with Crippen LogP contribution in [0.5, 0.6) is 0 Å². The van der Waals surface area contributed by atoms with Gasteiger partial charge in [-0.2, -0.15) is 0 Å². The monoisotopic (exact) mass is 434 g/mol. The Morgan fingerprint density at radius 1 is 0.968 bits per heavy atom. The normalized spacial score (nSPS) is 32.7. The minimum atomic E-state index is -0.369. The second-order valence-electron chi connectivity index (χ2n) is 8.81. The molecule has 31 heavy (non-hydrogen) atoms. The molecule has 6 nitrogen and oxygen atoms in total. The molecule has 7 heteroatoms. The van der Waals surface area contributed by atoms with Crippen molar-refractivity contribution in [2.75, 3.05) is 4.90 Å². The third kappa shape index (κ3) is 2.51. The maximum Gasteiger partial charge on any atom is 0.238 e. The standard InChI is InChI=1S/C24H19ClN2O4/c1-11(28)12-4-8-15(9-5-12)27-23(29)18-16-10-17(19(18)24(27)30)22-20(16)21(26-31-22)13-2-6-14(25)7-3-13/h2-9,16-20,22H,10H2,1H3/t16-,17-,18-,19-,20-,22+/m0/s1. The largest absolute Gasteiger partial charge is 0.391 e. The van der Waals surface area contributed by atoms with Gasteiger partial charge in [-0.3, -0.25) is 19.3 Å². The molecule has 1 saturated heterocycles. The molecule has 156 valence electrons. The van der Waals surface area contributed by atoms with Gasteiger partial charge in [0, 0.05) is 22.4 Å². The van der Waals surface area contributed by atoms with Crippen LogP contribution in [0.4, 0.5) is 5.69 Å². The van der Waals surface area contributed by atoms with Crippen LogP contribution < -0.4 is 4.90 Å². The zero-order valence-corrected chi connectivity index (χ0v) is 17.5. The van der Waals surface area contributed by atoms with E-state index in [-0.39, 0.29) is 53.3 Å². The smallest absolute Gasteiger partial charge is 0.238 e. The number of fused-ring (bicyclic) bond motifs is 8. The number of carbonyl (C=O) groups excluding carboxylic acids is 3. The number of halogens is 1. The molecule has 2 aromatic carbocycles. The lowest BCUT2D eigenvalue weighted by Gasteiger charge is -2.29. The fourth-order valence-electron chi connectivity index (χ4n) is 6.08. The van der Waals surface area contributed by atoms with E-state index in [1.54, 1.807) is 24.3 Å². The van der Waals surface area contributed by atoms with E-state index < -0.39 is 0 Å². The summed E-state index contributed by atoms with van der Waals surface area (Å²) in [5.41, 5.74) is 2.85. The van der Waals surface area contributed by atoms with Crippen molar-refractivity contribution in [3.63, 3.8) is 0 Å². The van der Waals surface area contributed by atoms with Crippen LogP contribution in [0.2, 0.25) is 5.02 Å². The molecule has 0 aromatic heterocycles. The van der Waals surface area contributed by atoms with Gasteiger partial charge in [0.2, 0.25) is 11.8 Å². The van der Waals surface area contributed by atoms with Crippen molar-refractivity contribution >= 4 is 40.6 Å². The van der Waals surface area contributed by atoms with E-state index in [0.29, 0.717) is 16.3 Å². The second kappa shape index (κ2) is 6.50. The Kier molecular flexibility index (Phi) is 3.93. The van der Waals surface area contributed by atoms with Crippen LogP contribution in [-0.2, 0) is 14.4 Å². The Balaban J connectivity index is 1.32. The third-order valence-electron chi connectivity index (χ3n) is 7.36. The summed E-state index contributed by atoms with van der Waals surface area (Å²) in [5.74, 6) is -1.10. The highest BCUT2D eigenvalue weighted by molar-refractivity contribution is 6.30. The summed E-state index contributed by atoms with van der Waals surface area (Å²) in [7, 11) is 0. The molecule has 0 N–H and O–H groups in total. The molecule has 2 aliphatic heterocycles. The van der Waals surface area contributed by atoms with Gasteiger partial charge in [-0.1, -0.05) is 28.9 Å². The highest BCUT2D eigenvalue weighted by Gasteiger charge is 2.70. The molecular formula is C24H19ClN2O4. The summed E-state index contributed by atoms with van der Waals surface area (Å²) in [4.78, 5) is 45.4. The molecule has 2 saturated carbocycles. The number of hydrogen-bond donors (Lipinski definition) is 0. The predicted molar refractivity (Wildman–Crippen MR) is 114 cm³/mol. The molecule has 2 amide bonds. The van der Waals surface area contributed by atoms with Crippen molar-refractivity contribution in [1.82, 2.24) is 0 Å². The first-order valence-corrected chi connectivity index (χ1v) is 10.8. The molecular weight excluding hydrogens is 416 g/mol. The van der Waals surface area contributed by atoms with Crippen molar-refractivity contribution in [2.45, 2.75) is 19.4 Å². The van der Waals surface area contributed by atoms with Crippen molar-refractivity contribution in [3.05, 3.63) is 64.7 Å². The van der Waals surface area contributed by atoms with Crippen LogP contribution in [-0.4, -0.2) is 29.4 Å². The third-order valence-corrected chi connectivity index (χ3v) is 7.61.